The van der Waals surface area contributed by atoms with Gasteiger partial charge in [-0.15, -0.1) is 0 Å². The van der Waals surface area contributed by atoms with Gasteiger partial charge in [0.05, 0.1) is 4.92 Å². The third-order valence-electron chi connectivity index (χ3n) is 1.89. The normalized spacial score (nSPS) is 10.1. The molecule has 0 saturated heterocycles. The number of nitrogens with zero attached hydrogens (tertiary/aromatic N) is 1. The van der Waals surface area contributed by atoms with Crippen LogP contribution in [0.5, 0.6) is 0 Å². The second kappa shape index (κ2) is 4.93. The van der Waals surface area contributed by atoms with Gasteiger partial charge in [-0.05, 0) is 31.5 Å². The predicted octanol–water partition coefficient (Wildman–Crippen LogP) is 2.14. The van der Waals surface area contributed by atoms with Crippen molar-refractivity contribution in [3.8, 4) is 0 Å². The van der Waals surface area contributed by atoms with Crippen molar-refractivity contribution in [2.45, 2.75) is 12.8 Å². The molecule has 0 bridgehead atoms. The van der Waals surface area contributed by atoms with Crippen molar-refractivity contribution < 1.29 is 4.92 Å². The summed E-state index contributed by atoms with van der Waals surface area (Å²) in [7, 11) is 0. The maximum atomic E-state index is 10.6. The number of halogens is 1. The molecule has 76 valence electrons. The lowest BCUT2D eigenvalue weighted by atomic mass is 10.1. The molecule has 0 radical (unpaired) electrons. The number of nitro groups is 1. The molecule has 4 nitrogen and oxygen atoms in total. The molecule has 5 heteroatoms. The van der Waals surface area contributed by atoms with Crippen molar-refractivity contribution in [3.63, 3.8) is 0 Å². The third-order valence-corrected chi connectivity index (χ3v) is 2.12. The van der Waals surface area contributed by atoms with Crippen LogP contribution in [0.4, 0.5) is 5.69 Å². The summed E-state index contributed by atoms with van der Waals surface area (Å²) in [6.45, 7) is 0.518. The minimum absolute atomic E-state index is 0.114. The molecule has 1 aromatic rings. The van der Waals surface area contributed by atoms with E-state index in [-0.39, 0.29) is 5.69 Å². The van der Waals surface area contributed by atoms with E-state index in [4.69, 9.17) is 17.3 Å². The van der Waals surface area contributed by atoms with Gasteiger partial charge in [-0.25, -0.2) is 0 Å². The van der Waals surface area contributed by atoms with E-state index in [9.17, 15) is 10.1 Å². The van der Waals surface area contributed by atoms with Crippen molar-refractivity contribution in [3.05, 3.63) is 38.9 Å². The number of benzene rings is 1. The Morgan fingerprint density at radius 3 is 2.79 bits per heavy atom. The molecule has 1 rings (SSSR count). The number of nitrogens with two attached hydrogens (primary N) is 1. The monoisotopic (exact) mass is 214 g/mol. The van der Waals surface area contributed by atoms with Crippen LogP contribution < -0.4 is 5.73 Å². The summed E-state index contributed by atoms with van der Waals surface area (Å²) in [6.07, 6.45) is 1.31. The van der Waals surface area contributed by atoms with Crippen LogP contribution in [0, 0.1) is 10.1 Å². The quantitative estimate of drug-likeness (QED) is 0.617. The molecule has 2 N–H and O–H groups in total. The van der Waals surface area contributed by atoms with Gasteiger partial charge < -0.3 is 5.73 Å². The standard InChI is InChI=1S/C9H11ClN2O2/c10-8-3-4-9(12(13)14)7(6-8)2-1-5-11/h3-4,6H,1-2,5,11H2. The lowest BCUT2D eigenvalue weighted by Crippen LogP contribution is -2.02. The first-order valence-corrected chi connectivity index (χ1v) is 4.66. The summed E-state index contributed by atoms with van der Waals surface area (Å²) in [4.78, 5) is 10.2. The van der Waals surface area contributed by atoms with Crippen LogP contribution in [0.1, 0.15) is 12.0 Å². The fourth-order valence-corrected chi connectivity index (χ4v) is 1.42. The summed E-state index contributed by atoms with van der Waals surface area (Å²) in [5.74, 6) is 0. The zero-order chi connectivity index (χ0) is 10.6. The van der Waals surface area contributed by atoms with Gasteiger partial charge in [0.25, 0.3) is 5.69 Å². The first-order chi connectivity index (χ1) is 6.65. The topological polar surface area (TPSA) is 69.2 Å². The van der Waals surface area contributed by atoms with Gasteiger partial charge in [0.2, 0.25) is 0 Å². The SMILES string of the molecule is NCCCc1cc(Cl)ccc1[N+](=O)[O-]. The minimum atomic E-state index is -0.401. The highest BCUT2D eigenvalue weighted by Crippen LogP contribution is 2.23. The van der Waals surface area contributed by atoms with Crippen molar-refractivity contribution in [1.29, 1.82) is 0 Å². The van der Waals surface area contributed by atoms with Crippen LogP contribution in [-0.4, -0.2) is 11.5 Å². The molecule has 14 heavy (non-hydrogen) atoms. The van der Waals surface area contributed by atoms with Crippen molar-refractivity contribution in [2.24, 2.45) is 5.73 Å². The summed E-state index contributed by atoms with van der Waals surface area (Å²) in [5.41, 5.74) is 6.10. The molecule has 0 heterocycles. The van der Waals surface area contributed by atoms with Crippen LogP contribution >= 0.6 is 11.6 Å². The Morgan fingerprint density at radius 1 is 1.50 bits per heavy atom. The van der Waals surface area contributed by atoms with Gasteiger partial charge in [-0.2, -0.15) is 0 Å². The van der Waals surface area contributed by atoms with Crippen LogP contribution in [0.3, 0.4) is 0 Å². The van der Waals surface area contributed by atoms with Crippen LogP contribution in [0.25, 0.3) is 0 Å². The second-order valence-electron chi connectivity index (χ2n) is 2.92. The summed E-state index contributed by atoms with van der Waals surface area (Å²) in [5, 5.41) is 11.1. The molecule has 0 atom stereocenters. The molecule has 1 aromatic carbocycles. The zero-order valence-corrected chi connectivity index (χ0v) is 8.33. The molecule has 0 saturated carbocycles. The molecule has 0 aliphatic rings. The predicted molar refractivity (Wildman–Crippen MR) is 55.5 cm³/mol. The maximum absolute atomic E-state index is 10.6. The second-order valence-corrected chi connectivity index (χ2v) is 3.36. The smallest absolute Gasteiger partial charge is 0.272 e. The van der Waals surface area contributed by atoms with Gasteiger partial charge in [-0.3, -0.25) is 10.1 Å². The highest BCUT2D eigenvalue weighted by molar-refractivity contribution is 6.30. The average molecular weight is 215 g/mol. The molecular weight excluding hydrogens is 204 g/mol. The van der Waals surface area contributed by atoms with Crippen LogP contribution in [0.2, 0.25) is 5.02 Å². The number of hydrogen-bond donors (Lipinski definition) is 1. The van der Waals surface area contributed by atoms with E-state index in [0.717, 1.165) is 6.42 Å². The van der Waals surface area contributed by atoms with E-state index in [0.29, 0.717) is 23.6 Å². The Bertz CT molecular complexity index is 342. The number of nitro benzene ring substituents is 1. The number of rotatable bonds is 4. The molecule has 0 amide bonds. The first-order valence-electron chi connectivity index (χ1n) is 4.28. The molecule has 0 aromatic heterocycles. The number of hydrogen-bond acceptors (Lipinski definition) is 3. The molecule has 0 unspecified atom stereocenters. The Kier molecular flexibility index (Phi) is 3.85. The number of aryl methyl sites for hydroxylation is 1. The van der Waals surface area contributed by atoms with E-state index in [1.165, 1.54) is 12.1 Å². The van der Waals surface area contributed by atoms with Gasteiger partial charge in [0.1, 0.15) is 0 Å². The molecule has 0 spiro atoms. The van der Waals surface area contributed by atoms with E-state index in [1.807, 2.05) is 0 Å². The fourth-order valence-electron chi connectivity index (χ4n) is 1.22. The Hall–Kier alpha value is -1.13. The Balaban J connectivity index is 2.97. The average Bonchev–Trinajstić information content (AvgIpc) is 2.14. The van der Waals surface area contributed by atoms with Gasteiger partial charge >= 0.3 is 0 Å². The Labute approximate surface area is 86.8 Å². The van der Waals surface area contributed by atoms with E-state index in [1.54, 1.807) is 6.07 Å². The molecule has 0 fully saturated rings. The summed E-state index contributed by atoms with van der Waals surface area (Å²) in [6, 6.07) is 4.56. The largest absolute Gasteiger partial charge is 0.330 e. The summed E-state index contributed by atoms with van der Waals surface area (Å²) < 4.78 is 0. The highest BCUT2D eigenvalue weighted by atomic mass is 35.5. The van der Waals surface area contributed by atoms with Gasteiger partial charge in [0, 0.05) is 16.7 Å². The highest BCUT2D eigenvalue weighted by Gasteiger charge is 2.12. The van der Waals surface area contributed by atoms with Gasteiger partial charge in [-0.1, -0.05) is 11.6 Å². The van der Waals surface area contributed by atoms with Crippen molar-refractivity contribution in [1.82, 2.24) is 0 Å². The first kappa shape index (κ1) is 10.9. The molecule has 0 aliphatic heterocycles. The van der Waals surface area contributed by atoms with E-state index >= 15 is 0 Å². The maximum Gasteiger partial charge on any atom is 0.272 e. The van der Waals surface area contributed by atoms with Crippen LogP contribution in [0.15, 0.2) is 18.2 Å². The van der Waals surface area contributed by atoms with E-state index in [2.05, 4.69) is 0 Å². The lowest BCUT2D eigenvalue weighted by molar-refractivity contribution is -0.385. The Morgan fingerprint density at radius 2 is 2.21 bits per heavy atom. The fraction of sp³-hybridized carbons (Fsp3) is 0.333. The minimum Gasteiger partial charge on any atom is -0.330 e. The van der Waals surface area contributed by atoms with Crippen molar-refractivity contribution >= 4 is 17.3 Å². The van der Waals surface area contributed by atoms with Crippen molar-refractivity contribution in [2.75, 3.05) is 6.54 Å². The molecular formula is C9H11ClN2O2. The lowest BCUT2D eigenvalue weighted by Gasteiger charge is -2.02. The van der Waals surface area contributed by atoms with E-state index < -0.39 is 4.92 Å². The van der Waals surface area contributed by atoms with Gasteiger partial charge in [0.15, 0.2) is 0 Å². The van der Waals surface area contributed by atoms with Crippen LogP contribution in [-0.2, 0) is 6.42 Å². The third kappa shape index (κ3) is 2.68. The summed E-state index contributed by atoms with van der Waals surface area (Å²) >= 11 is 5.75. The zero-order valence-electron chi connectivity index (χ0n) is 7.57. The molecule has 0 aliphatic carbocycles.